The van der Waals surface area contributed by atoms with Crippen LogP contribution in [0.5, 0.6) is 0 Å². The highest BCUT2D eigenvalue weighted by molar-refractivity contribution is 5.82. The summed E-state index contributed by atoms with van der Waals surface area (Å²) in [5.41, 5.74) is 2.48. The molecule has 0 unspecified atom stereocenters. The van der Waals surface area contributed by atoms with Gasteiger partial charge < -0.3 is 5.41 Å². The number of hydrogen-bond acceptors (Lipinski definition) is 2. The molecule has 1 aliphatic carbocycles. The van der Waals surface area contributed by atoms with Crippen LogP contribution in [-0.2, 0) is 6.54 Å². The zero-order valence-electron chi connectivity index (χ0n) is 9.81. The van der Waals surface area contributed by atoms with Crippen molar-refractivity contribution in [1.82, 2.24) is 9.13 Å². The quantitative estimate of drug-likeness (QED) is 0.806. The highest BCUT2D eigenvalue weighted by Gasteiger charge is 2.28. The lowest BCUT2D eigenvalue weighted by molar-refractivity contribution is 0.684. The van der Waals surface area contributed by atoms with Crippen molar-refractivity contribution in [3.63, 3.8) is 0 Å². The number of para-hydroxylation sites is 2. The van der Waals surface area contributed by atoms with Crippen molar-refractivity contribution in [2.45, 2.75) is 32.4 Å². The van der Waals surface area contributed by atoms with Gasteiger partial charge in [0.05, 0.1) is 17.6 Å². The lowest BCUT2D eigenvalue weighted by Crippen LogP contribution is -2.25. The van der Waals surface area contributed by atoms with Gasteiger partial charge in [0.1, 0.15) is 0 Å². The van der Waals surface area contributed by atoms with Gasteiger partial charge in [0.15, 0.2) is 0 Å². The molecule has 1 aliphatic rings. The minimum absolute atomic E-state index is 0.0281. The van der Waals surface area contributed by atoms with Gasteiger partial charge in [0.2, 0.25) is 0 Å². The van der Waals surface area contributed by atoms with Gasteiger partial charge in [-0.25, -0.2) is 4.79 Å². The van der Waals surface area contributed by atoms with Gasteiger partial charge >= 0.3 is 5.69 Å². The molecule has 17 heavy (non-hydrogen) atoms. The summed E-state index contributed by atoms with van der Waals surface area (Å²) < 4.78 is 3.59. The van der Waals surface area contributed by atoms with Crippen molar-refractivity contribution < 1.29 is 0 Å². The molecular formula is C13H15N3O. The molecule has 4 nitrogen and oxygen atoms in total. The van der Waals surface area contributed by atoms with Crippen molar-refractivity contribution in [3.05, 3.63) is 34.7 Å². The maximum Gasteiger partial charge on any atom is 0.329 e. The molecule has 1 aromatic carbocycles. The Hall–Kier alpha value is -1.84. The highest BCUT2D eigenvalue weighted by Crippen LogP contribution is 2.36. The minimum atomic E-state index is 0.0281. The van der Waals surface area contributed by atoms with E-state index in [0.717, 1.165) is 23.9 Å². The van der Waals surface area contributed by atoms with E-state index < -0.39 is 0 Å². The summed E-state index contributed by atoms with van der Waals surface area (Å²) in [6.45, 7) is 2.12. The van der Waals surface area contributed by atoms with Crippen molar-refractivity contribution >= 4 is 16.7 Å². The average Bonchev–Trinajstić information content (AvgIpc) is 3.08. The van der Waals surface area contributed by atoms with Crippen LogP contribution in [0.1, 0.15) is 25.8 Å². The zero-order valence-corrected chi connectivity index (χ0v) is 9.81. The Balaban J connectivity index is 2.30. The summed E-state index contributed by atoms with van der Waals surface area (Å²) in [6, 6.07) is 8.22. The van der Waals surface area contributed by atoms with Crippen LogP contribution in [0.4, 0.5) is 0 Å². The molecule has 0 saturated heterocycles. The van der Waals surface area contributed by atoms with Gasteiger partial charge in [-0.05, 0) is 31.9 Å². The largest absolute Gasteiger partial charge is 0.329 e. The number of imidazole rings is 1. The predicted molar refractivity (Wildman–Crippen MR) is 67.9 cm³/mol. The van der Waals surface area contributed by atoms with Crippen LogP contribution < -0.4 is 5.69 Å². The first kappa shape index (κ1) is 10.3. The molecule has 1 aromatic heterocycles. The number of hydrogen-bond donors (Lipinski definition) is 1. The summed E-state index contributed by atoms with van der Waals surface area (Å²) in [5, 5.41) is 7.57. The van der Waals surface area contributed by atoms with E-state index >= 15 is 0 Å². The number of nitrogens with one attached hydrogen (secondary N) is 1. The summed E-state index contributed by atoms with van der Waals surface area (Å²) in [6.07, 6.45) is 2.19. The second-order valence-corrected chi connectivity index (χ2v) is 4.74. The Morgan fingerprint density at radius 3 is 2.59 bits per heavy atom. The third-order valence-corrected chi connectivity index (χ3v) is 3.18. The molecule has 88 valence electrons. The molecule has 1 fully saturated rings. The summed E-state index contributed by atoms with van der Waals surface area (Å²) in [5.74, 6) is 0. The van der Waals surface area contributed by atoms with Crippen LogP contribution in [0.3, 0.4) is 0 Å². The van der Waals surface area contributed by atoms with Crippen LogP contribution in [0.2, 0.25) is 0 Å². The van der Waals surface area contributed by atoms with Gasteiger partial charge in [-0.3, -0.25) is 9.13 Å². The van der Waals surface area contributed by atoms with Gasteiger partial charge in [0, 0.05) is 11.8 Å². The van der Waals surface area contributed by atoms with E-state index in [9.17, 15) is 4.79 Å². The SMILES string of the molecule is CC(=N)Cn1c(=O)n(C2CC2)c2ccccc21. The lowest BCUT2D eigenvalue weighted by Gasteiger charge is -2.00. The van der Waals surface area contributed by atoms with E-state index in [4.69, 9.17) is 5.41 Å². The van der Waals surface area contributed by atoms with Gasteiger partial charge in [-0.15, -0.1) is 0 Å². The van der Waals surface area contributed by atoms with Crippen molar-refractivity contribution in [3.8, 4) is 0 Å². The molecular weight excluding hydrogens is 214 g/mol. The molecule has 4 heteroatoms. The average molecular weight is 229 g/mol. The molecule has 0 aliphatic heterocycles. The first-order valence-corrected chi connectivity index (χ1v) is 5.92. The molecule has 0 amide bonds. The molecule has 1 N–H and O–H groups in total. The molecule has 0 spiro atoms. The van der Waals surface area contributed by atoms with Crippen molar-refractivity contribution in [1.29, 1.82) is 5.41 Å². The Morgan fingerprint density at radius 2 is 2.00 bits per heavy atom. The minimum Gasteiger partial charge on any atom is -0.308 e. The van der Waals surface area contributed by atoms with Crippen LogP contribution in [-0.4, -0.2) is 14.8 Å². The maximum absolute atomic E-state index is 12.3. The molecule has 2 aromatic rings. The van der Waals surface area contributed by atoms with E-state index in [0.29, 0.717) is 18.3 Å². The molecule has 0 radical (unpaired) electrons. The Kier molecular flexibility index (Phi) is 2.18. The molecule has 0 bridgehead atoms. The smallest absolute Gasteiger partial charge is 0.308 e. The fraction of sp³-hybridized carbons (Fsp3) is 0.385. The molecule has 3 rings (SSSR count). The first-order valence-electron chi connectivity index (χ1n) is 5.92. The van der Waals surface area contributed by atoms with E-state index in [1.54, 1.807) is 11.5 Å². The second-order valence-electron chi connectivity index (χ2n) is 4.74. The fourth-order valence-corrected chi connectivity index (χ4v) is 2.31. The van der Waals surface area contributed by atoms with Crippen LogP contribution >= 0.6 is 0 Å². The number of nitrogens with zero attached hydrogens (tertiary/aromatic N) is 2. The number of rotatable bonds is 3. The summed E-state index contributed by atoms with van der Waals surface area (Å²) in [4.78, 5) is 12.3. The second kappa shape index (κ2) is 3.58. The maximum atomic E-state index is 12.3. The topological polar surface area (TPSA) is 50.8 Å². The monoisotopic (exact) mass is 229 g/mol. The van der Waals surface area contributed by atoms with Crippen LogP contribution in [0.15, 0.2) is 29.1 Å². The van der Waals surface area contributed by atoms with E-state index in [1.807, 2.05) is 28.8 Å². The van der Waals surface area contributed by atoms with Crippen LogP contribution in [0, 0.1) is 5.41 Å². The van der Waals surface area contributed by atoms with Gasteiger partial charge in [-0.1, -0.05) is 12.1 Å². The third kappa shape index (κ3) is 1.60. The van der Waals surface area contributed by atoms with E-state index in [-0.39, 0.29) is 5.69 Å². The predicted octanol–water partition coefficient (Wildman–Crippen LogP) is 2.18. The molecule has 0 atom stereocenters. The summed E-state index contributed by atoms with van der Waals surface area (Å²) >= 11 is 0. The number of benzene rings is 1. The van der Waals surface area contributed by atoms with Crippen LogP contribution in [0.25, 0.3) is 11.0 Å². The van der Waals surface area contributed by atoms with Crippen molar-refractivity contribution in [2.75, 3.05) is 0 Å². The summed E-state index contributed by atoms with van der Waals surface area (Å²) in [7, 11) is 0. The third-order valence-electron chi connectivity index (χ3n) is 3.18. The highest BCUT2D eigenvalue weighted by atomic mass is 16.1. The van der Waals surface area contributed by atoms with E-state index in [1.165, 1.54) is 0 Å². The lowest BCUT2D eigenvalue weighted by atomic mass is 10.3. The Labute approximate surface area is 99.0 Å². The Bertz CT molecular complexity index is 646. The molecule has 1 saturated carbocycles. The first-order chi connectivity index (χ1) is 8.18. The van der Waals surface area contributed by atoms with Gasteiger partial charge in [0.25, 0.3) is 0 Å². The number of fused-ring (bicyclic) bond motifs is 1. The normalized spacial score (nSPS) is 15.4. The Morgan fingerprint density at radius 1 is 1.35 bits per heavy atom. The van der Waals surface area contributed by atoms with Gasteiger partial charge in [-0.2, -0.15) is 0 Å². The fourth-order valence-electron chi connectivity index (χ4n) is 2.31. The number of aromatic nitrogens is 2. The van der Waals surface area contributed by atoms with E-state index in [2.05, 4.69) is 0 Å². The van der Waals surface area contributed by atoms with Crippen molar-refractivity contribution in [2.24, 2.45) is 0 Å². The standard InChI is InChI=1S/C13H15N3O/c1-9(14)8-15-11-4-2-3-5-12(11)16(13(15)17)10-6-7-10/h2-5,10,14H,6-8H2,1H3. The molecule has 1 heterocycles. The zero-order chi connectivity index (χ0) is 12.0.